The third-order valence-electron chi connectivity index (χ3n) is 2.50. The van der Waals surface area contributed by atoms with Crippen molar-refractivity contribution in [3.8, 4) is 0 Å². The first-order valence-corrected chi connectivity index (χ1v) is 5.42. The molecule has 2 nitrogen and oxygen atoms in total. The zero-order valence-corrected chi connectivity index (χ0v) is 9.75. The normalized spacial score (nSPS) is 10.1. The molecule has 0 atom stereocenters. The summed E-state index contributed by atoms with van der Waals surface area (Å²) in [5.41, 5.74) is 9.70. The summed E-state index contributed by atoms with van der Waals surface area (Å²) in [5.74, 6) is 0. The minimum absolute atomic E-state index is 0.731. The van der Waals surface area contributed by atoms with Gasteiger partial charge in [0, 0.05) is 22.1 Å². The molecule has 0 spiro atoms. The third kappa shape index (κ3) is 2.28. The average molecular weight is 233 g/mol. The smallest absolute Gasteiger partial charge is 0.0434 e. The molecule has 2 aromatic carbocycles. The first-order valence-electron chi connectivity index (χ1n) is 5.04. The van der Waals surface area contributed by atoms with E-state index in [1.165, 1.54) is 0 Å². The van der Waals surface area contributed by atoms with Crippen molar-refractivity contribution in [3.63, 3.8) is 0 Å². The molecule has 0 fully saturated rings. The molecule has 0 aliphatic carbocycles. The summed E-state index contributed by atoms with van der Waals surface area (Å²) in [6, 6.07) is 13.4. The molecule has 0 saturated heterocycles. The molecule has 0 aliphatic rings. The summed E-state index contributed by atoms with van der Waals surface area (Å²) in [4.78, 5) is 0. The highest BCUT2D eigenvalue weighted by Gasteiger charge is 2.01. The van der Waals surface area contributed by atoms with Crippen molar-refractivity contribution in [1.29, 1.82) is 0 Å². The number of anilines is 3. The molecule has 2 aromatic rings. The van der Waals surface area contributed by atoms with E-state index < -0.39 is 0 Å². The average Bonchev–Trinajstić information content (AvgIpc) is 2.28. The van der Waals surface area contributed by atoms with Gasteiger partial charge in [-0.05, 0) is 48.9 Å². The molecule has 3 N–H and O–H groups in total. The molecule has 0 bridgehead atoms. The molecule has 82 valence electrons. The second-order valence-corrected chi connectivity index (χ2v) is 4.09. The van der Waals surface area contributed by atoms with Gasteiger partial charge in [0.1, 0.15) is 0 Å². The van der Waals surface area contributed by atoms with Gasteiger partial charge in [0.2, 0.25) is 0 Å². The van der Waals surface area contributed by atoms with Gasteiger partial charge in [-0.25, -0.2) is 0 Å². The van der Waals surface area contributed by atoms with Crippen LogP contribution in [0.1, 0.15) is 5.56 Å². The van der Waals surface area contributed by atoms with E-state index in [9.17, 15) is 0 Å². The van der Waals surface area contributed by atoms with Gasteiger partial charge in [-0.1, -0.05) is 17.7 Å². The van der Waals surface area contributed by atoms with Crippen LogP contribution in [0.4, 0.5) is 17.1 Å². The molecule has 0 aliphatic heterocycles. The summed E-state index contributed by atoms with van der Waals surface area (Å²) < 4.78 is 0. The van der Waals surface area contributed by atoms with E-state index in [0.717, 1.165) is 27.6 Å². The summed E-state index contributed by atoms with van der Waals surface area (Å²) >= 11 is 5.82. The van der Waals surface area contributed by atoms with Crippen LogP contribution in [0, 0.1) is 6.92 Å². The summed E-state index contributed by atoms with van der Waals surface area (Å²) in [5, 5.41) is 4.03. The second-order valence-electron chi connectivity index (χ2n) is 3.65. The first-order chi connectivity index (χ1) is 7.66. The monoisotopic (exact) mass is 232 g/mol. The van der Waals surface area contributed by atoms with E-state index in [1.54, 1.807) is 0 Å². The Kier molecular flexibility index (Phi) is 3.02. The van der Waals surface area contributed by atoms with E-state index in [0.29, 0.717) is 0 Å². The van der Waals surface area contributed by atoms with Crippen LogP contribution in [0.15, 0.2) is 42.5 Å². The largest absolute Gasteiger partial charge is 0.398 e. The minimum Gasteiger partial charge on any atom is -0.398 e. The number of hydrogen-bond acceptors (Lipinski definition) is 2. The predicted octanol–water partition coefficient (Wildman–Crippen LogP) is 3.97. The Morgan fingerprint density at radius 3 is 2.44 bits per heavy atom. The third-order valence-corrected chi connectivity index (χ3v) is 2.75. The summed E-state index contributed by atoms with van der Waals surface area (Å²) in [7, 11) is 0. The lowest BCUT2D eigenvalue weighted by atomic mass is 10.1. The lowest BCUT2D eigenvalue weighted by Gasteiger charge is -2.11. The maximum absolute atomic E-state index is 5.84. The lowest BCUT2D eigenvalue weighted by molar-refractivity contribution is 1.43. The van der Waals surface area contributed by atoms with Gasteiger partial charge in [0.25, 0.3) is 0 Å². The SMILES string of the molecule is Cc1c(N)cccc1Nc1ccc(Cl)cc1. The number of hydrogen-bond donors (Lipinski definition) is 2. The van der Waals surface area contributed by atoms with Crippen LogP contribution in [0.2, 0.25) is 5.02 Å². The molecule has 16 heavy (non-hydrogen) atoms. The zero-order valence-electron chi connectivity index (χ0n) is 9.00. The Morgan fingerprint density at radius 2 is 1.75 bits per heavy atom. The van der Waals surface area contributed by atoms with Crippen LogP contribution >= 0.6 is 11.6 Å². The summed E-state index contributed by atoms with van der Waals surface area (Å²) in [6.07, 6.45) is 0. The molecule has 0 saturated carbocycles. The van der Waals surface area contributed by atoms with Gasteiger partial charge < -0.3 is 11.1 Å². The Balaban J connectivity index is 2.27. The fourth-order valence-corrected chi connectivity index (χ4v) is 1.60. The molecule has 0 aromatic heterocycles. The van der Waals surface area contributed by atoms with E-state index in [1.807, 2.05) is 49.4 Å². The van der Waals surface area contributed by atoms with Crippen molar-refractivity contribution in [1.82, 2.24) is 0 Å². The molecule has 0 radical (unpaired) electrons. The van der Waals surface area contributed by atoms with Crippen molar-refractivity contribution < 1.29 is 0 Å². The van der Waals surface area contributed by atoms with Crippen molar-refractivity contribution in [3.05, 3.63) is 53.1 Å². The molecular formula is C13H13ClN2. The Bertz CT molecular complexity index is 492. The highest BCUT2D eigenvalue weighted by atomic mass is 35.5. The van der Waals surface area contributed by atoms with Gasteiger partial charge in [0.05, 0.1) is 0 Å². The number of rotatable bonds is 2. The number of halogens is 1. The van der Waals surface area contributed by atoms with Crippen LogP contribution in [-0.4, -0.2) is 0 Å². The Morgan fingerprint density at radius 1 is 1.06 bits per heavy atom. The van der Waals surface area contributed by atoms with E-state index in [2.05, 4.69) is 5.32 Å². The second kappa shape index (κ2) is 4.45. The predicted molar refractivity (Wildman–Crippen MR) is 70.3 cm³/mol. The van der Waals surface area contributed by atoms with Crippen molar-refractivity contribution in [2.45, 2.75) is 6.92 Å². The number of nitrogens with two attached hydrogens (primary N) is 1. The number of nitrogens with one attached hydrogen (secondary N) is 1. The van der Waals surface area contributed by atoms with Crippen LogP contribution in [0.5, 0.6) is 0 Å². The standard InChI is InChI=1S/C13H13ClN2/c1-9-12(15)3-2-4-13(9)16-11-7-5-10(14)6-8-11/h2-8,16H,15H2,1H3. The maximum Gasteiger partial charge on any atom is 0.0434 e. The first kappa shape index (κ1) is 10.8. The summed E-state index contributed by atoms with van der Waals surface area (Å²) in [6.45, 7) is 1.99. The maximum atomic E-state index is 5.84. The van der Waals surface area contributed by atoms with Crippen LogP contribution in [-0.2, 0) is 0 Å². The quantitative estimate of drug-likeness (QED) is 0.769. The van der Waals surface area contributed by atoms with Gasteiger partial charge >= 0.3 is 0 Å². The van der Waals surface area contributed by atoms with Crippen molar-refractivity contribution in [2.24, 2.45) is 0 Å². The minimum atomic E-state index is 0.731. The van der Waals surface area contributed by atoms with Crippen LogP contribution < -0.4 is 11.1 Å². The zero-order chi connectivity index (χ0) is 11.5. The van der Waals surface area contributed by atoms with Gasteiger partial charge in [0.15, 0.2) is 0 Å². The highest BCUT2D eigenvalue weighted by Crippen LogP contribution is 2.25. The molecular weight excluding hydrogens is 220 g/mol. The Labute approximate surface area is 100 Å². The number of benzene rings is 2. The van der Waals surface area contributed by atoms with E-state index in [4.69, 9.17) is 17.3 Å². The van der Waals surface area contributed by atoms with Crippen molar-refractivity contribution >= 4 is 28.7 Å². The fraction of sp³-hybridized carbons (Fsp3) is 0.0769. The topological polar surface area (TPSA) is 38.0 Å². The molecule has 0 heterocycles. The lowest BCUT2D eigenvalue weighted by Crippen LogP contribution is -1.96. The fourth-order valence-electron chi connectivity index (χ4n) is 1.48. The van der Waals surface area contributed by atoms with Gasteiger partial charge in [-0.3, -0.25) is 0 Å². The highest BCUT2D eigenvalue weighted by molar-refractivity contribution is 6.30. The van der Waals surface area contributed by atoms with Gasteiger partial charge in [-0.15, -0.1) is 0 Å². The molecule has 0 unspecified atom stereocenters. The molecule has 3 heteroatoms. The molecule has 2 rings (SSSR count). The van der Waals surface area contributed by atoms with E-state index >= 15 is 0 Å². The van der Waals surface area contributed by atoms with E-state index in [-0.39, 0.29) is 0 Å². The van der Waals surface area contributed by atoms with Gasteiger partial charge in [-0.2, -0.15) is 0 Å². The van der Waals surface area contributed by atoms with Crippen LogP contribution in [0.3, 0.4) is 0 Å². The molecule has 0 amide bonds. The van der Waals surface area contributed by atoms with Crippen molar-refractivity contribution in [2.75, 3.05) is 11.1 Å². The Hall–Kier alpha value is -1.67. The van der Waals surface area contributed by atoms with Crippen LogP contribution in [0.25, 0.3) is 0 Å². The number of nitrogen functional groups attached to an aromatic ring is 1.